The average Bonchev–Trinajstić information content (AvgIpc) is 2.89. The van der Waals surface area contributed by atoms with Crippen LogP contribution >= 0.6 is 0 Å². The van der Waals surface area contributed by atoms with Gasteiger partial charge in [0.2, 0.25) is 5.91 Å². The zero-order chi connectivity index (χ0) is 26.1. The third-order valence-electron chi connectivity index (χ3n) is 6.52. The molecule has 198 valence electrons. The smallest absolute Gasteiger partial charge is 0.265 e. The molecule has 36 heavy (non-hydrogen) atoms. The Balaban J connectivity index is 1.74. The summed E-state index contributed by atoms with van der Waals surface area (Å²) in [5.74, 6) is -0.691. The molecule has 1 amide bonds. The zero-order valence-corrected chi connectivity index (χ0v) is 22.0. The van der Waals surface area contributed by atoms with Gasteiger partial charge in [-0.1, -0.05) is 25.5 Å². The van der Waals surface area contributed by atoms with Gasteiger partial charge in [-0.2, -0.15) is 0 Å². The van der Waals surface area contributed by atoms with Gasteiger partial charge in [0.25, 0.3) is 10.0 Å². The Kier molecular flexibility index (Phi) is 9.95. The number of benzene rings is 2. The van der Waals surface area contributed by atoms with Crippen LogP contribution in [0, 0.1) is 5.82 Å². The molecule has 0 aliphatic carbocycles. The van der Waals surface area contributed by atoms with Crippen LogP contribution in [0.4, 0.5) is 10.1 Å². The van der Waals surface area contributed by atoms with Crippen molar-refractivity contribution < 1.29 is 27.1 Å². The monoisotopic (exact) mass is 521 g/mol. The molecule has 1 heterocycles. The summed E-state index contributed by atoms with van der Waals surface area (Å²) in [5.41, 5.74) is -0.207. The summed E-state index contributed by atoms with van der Waals surface area (Å²) in [6, 6.07) is 10.1. The molecule has 0 spiro atoms. The maximum Gasteiger partial charge on any atom is 0.265 e. The first-order valence-corrected chi connectivity index (χ1v) is 13.8. The van der Waals surface area contributed by atoms with Crippen molar-refractivity contribution in [1.82, 2.24) is 10.2 Å². The van der Waals surface area contributed by atoms with Crippen molar-refractivity contribution in [3.05, 3.63) is 48.3 Å². The third kappa shape index (κ3) is 6.67. The number of piperidine rings is 1. The topological polar surface area (TPSA) is 88.2 Å². The highest BCUT2D eigenvalue weighted by Gasteiger charge is 2.30. The Labute approximate surface area is 213 Å². The van der Waals surface area contributed by atoms with Crippen LogP contribution < -0.4 is 19.1 Å². The Hall–Kier alpha value is -2.85. The van der Waals surface area contributed by atoms with Crippen molar-refractivity contribution >= 4 is 21.6 Å². The number of carbonyl (C=O) groups excluding carboxylic acids is 1. The van der Waals surface area contributed by atoms with E-state index < -0.39 is 28.3 Å². The van der Waals surface area contributed by atoms with Gasteiger partial charge in [-0.05, 0) is 56.5 Å². The van der Waals surface area contributed by atoms with Gasteiger partial charge in [0.15, 0.2) is 11.5 Å². The molecule has 1 fully saturated rings. The van der Waals surface area contributed by atoms with Crippen LogP contribution in [0.5, 0.6) is 11.5 Å². The lowest BCUT2D eigenvalue weighted by Gasteiger charge is -2.35. The minimum atomic E-state index is -4.30. The van der Waals surface area contributed by atoms with Crippen molar-refractivity contribution in [2.45, 2.75) is 50.0 Å². The summed E-state index contributed by atoms with van der Waals surface area (Å²) in [7, 11) is -1.47. The van der Waals surface area contributed by atoms with Gasteiger partial charge < -0.3 is 19.7 Å². The van der Waals surface area contributed by atoms with Crippen LogP contribution in [0.1, 0.15) is 39.0 Å². The molecular formula is C26H36FN3O5S. The molecule has 10 heteroatoms. The molecule has 1 atom stereocenters. The average molecular weight is 522 g/mol. The number of para-hydroxylation sites is 1. The van der Waals surface area contributed by atoms with E-state index in [1.807, 2.05) is 0 Å². The fraction of sp³-hybridized carbons (Fsp3) is 0.500. The van der Waals surface area contributed by atoms with Gasteiger partial charge in [-0.25, -0.2) is 12.8 Å². The van der Waals surface area contributed by atoms with Crippen LogP contribution in [0.15, 0.2) is 47.4 Å². The maximum absolute atomic E-state index is 14.7. The number of carbonyl (C=O) groups is 1. The van der Waals surface area contributed by atoms with Crippen LogP contribution in [0.3, 0.4) is 0 Å². The number of sulfonamides is 1. The molecule has 0 bridgehead atoms. The van der Waals surface area contributed by atoms with E-state index in [0.29, 0.717) is 18.3 Å². The summed E-state index contributed by atoms with van der Waals surface area (Å²) in [6.07, 6.45) is 5.51. The number of methoxy groups -OCH3 is 2. The van der Waals surface area contributed by atoms with Gasteiger partial charge in [0.05, 0.1) is 24.8 Å². The van der Waals surface area contributed by atoms with Gasteiger partial charge in [0.1, 0.15) is 12.4 Å². The lowest BCUT2D eigenvalue weighted by Crippen LogP contribution is -2.43. The molecule has 0 saturated carbocycles. The SMILES string of the molecule is CCC1CCCCN1CCCNC(=O)CN(c1ccccc1F)S(=O)(=O)c1ccc(OC)c(OC)c1. The molecule has 1 saturated heterocycles. The first kappa shape index (κ1) is 27.7. The van der Waals surface area contributed by atoms with E-state index >= 15 is 0 Å². The molecule has 8 nitrogen and oxygen atoms in total. The molecule has 3 rings (SSSR count). The lowest BCUT2D eigenvalue weighted by molar-refractivity contribution is -0.119. The molecular weight excluding hydrogens is 485 g/mol. The molecule has 2 aromatic rings. The van der Waals surface area contributed by atoms with Crippen LogP contribution in [0.25, 0.3) is 0 Å². The third-order valence-corrected chi connectivity index (χ3v) is 8.27. The molecule has 0 aromatic heterocycles. The Bertz CT molecular complexity index is 1130. The summed E-state index contributed by atoms with van der Waals surface area (Å²) >= 11 is 0. The number of nitrogens with one attached hydrogen (secondary N) is 1. The normalized spacial score (nSPS) is 16.4. The van der Waals surface area contributed by atoms with Gasteiger partial charge in [-0.15, -0.1) is 0 Å². The van der Waals surface area contributed by atoms with Crippen LogP contribution in [-0.4, -0.2) is 65.7 Å². The molecule has 2 aromatic carbocycles. The second-order valence-corrected chi connectivity index (χ2v) is 10.6. The Morgan fingerprint density at radius 1 is 1.14 bits per heavy atom. The summed E-state index contributed by atoms with van der Waals surface area (Å²) < 4.78 is 53.0. The second kappa shape index (κ2) is 12.9. The Morgan fingerprint density at radius 2 is 1.89 bits per heavy atom. The number of hydrogen-bond acceptors (Lipinski definition) is 6. The van der Waals surface area contributed by atoms with E-state index in [-0.39, 0.29) is 16.3 Å². The van der Waals surface area contributed by atoms with Crippen molar-refractivity contribution in [3.8, 4) is 11.5 Å². The highest BCUT2D eigenvalue weighted by atomic mass is 32.2. The van der Waals surface area contributed by atoms with E-state index in [4.69, 9.17) is 9.47 Å². The highest BCUT2D eigenvalue weighted by Crippen LogP contribution is 2.32. The number of rotatable bonds is 12. The largest absolute Gasteiger partial charge is 0.493 e. The van der Waals surface area contributed by atoms with Crippen molar-refractivity contribution in [2.24, 2.45) is 0 Å². The highest BCUT2D eigenvalue weighted by molar-refractivity contribution is 7.92. The molecule has 1 unspecified atom stereocenters. The van der Waals surface area contributed by atoms with E-state index in [1.54, 1.807) is 0 Å². The zero-order valence-electron chi connectivity index (χ0n) is 21.2. The molecule has 1 aliphatic heterocycles. The van der Waals surface area contributed by atoms with Gasteiger partial charge >= 0.3 is 0 Å². The first-order valence-electron chi connectivity index (χ1n) is 12.3. The van der Waals surface area contributed by atoms with Crippen molar-refractivity contribution in [3.63, 3.8) is 0 Å². The standard InChI is InChI=1S/C26H36FN3O5S/c1-4-20-10-7-8-16-29(20)17-9-15-28-26(31)19-30(23-12-6-5-11-22(23)27)36(32,33)21-13-14-24(34-2)25(18-21)35-3/h5-6,11-14,18,20H,4,7-10,15-17,19H2,1-3H3,(H,28,31). The van der Waals surface area contributed by atoms with E-state index in [2.05, 4.69) is 17.1 Å². The van der Waals surface area contributed by atoms with E-state index in [9.17, 15) is 17.6 Å². The number of nitrogens with zero attached hydrogens (tertiary/aromatic N) is 2. The number of likely N-dealkylation sites (tertiary alicyclic amines) is 1. The fourth-order valence-electron chi connectivity index (χ4n) is 4.57. The Morgan fingerprint density at radius 3 is 2.58 bits per heavy atom. The van der Waals surface area contributed by atoms with Crippen LogP contribution in [-0.2, 0) is 14.8 Å². The number of ether oxygens (including phenoxy) is 2. The lowest BCUT2D eigenvalue weighted by atomic mass is 10.00. The predicted octanol–water partition coefficient (Wildman–Crippen LogP) is 3.81. The number of halogens is 1. The number of hydrogen-bond donors (Lipinski definition) is 1. The van der Waals surface area contributed by atoms with Crippen LogP contribution in [0.2, 0.25) is 0 Å². The fourth-order valence-corrected chi connectivity index (χ4v) is 6.02. The predicted molar refractivity (Wildman–Crippen MR) is 138 cm³/mol. The van der Waals surface area contributed by atoms with Gasteiger partial charge in [0, 0.05) is 25.2 Å². The number of anilines is 1. The minimum Gasteiger partial charge on any atom is -0.493 e. The molecule has 0 radical (unpaired) electrons. The van der Waals surface area contributed by atoms with E-state index in [1.165, 1.54) is 69.9 Å². The summed E-state index contributed by atoms with van der Waals surface area (Å²) in [4.78, 5) is 15.1. The number of amides is 1. The quantitative estimate of drug-likeness (QED) is 0.428. The van der Waals surface area contributed by atoms with Crippen molar-refractivity contribution in [2.75, 3.05) is 44.7 Å². The van der Waals surface area contributed by atoms with Gasteiger partial charge in [-0.3, -0.25) is 9.10 Å². The van der Waals surface area contributed by atoms with E-state index in [0.717, 1.165) is 36.3 Å². The minimum absolute atomic E-state index is 0.146. The molecule has 1 aliphatic rings. The molecule has 1 N–H and O–H groups in total. The second-order valence-electron chi connectivity index (χ2n) is 8.78. The first-order chi connectivity index (χ1) is 17.3. The maximum atomic E-state index is 14.7. The summed E-state index contributed by atoms with van der Waals surface area (Å²) in [6.45, 7) is 3.99. The van der Waals surface area contributed by atoms with Crippen molar-refractivity contribution in [1.29, 1.82) is 0 Å². The summed E-state index contributed by atoms with van der Waals surface area (Å²) in [5, 5.41) is 2.80.